The third-order valence-electron chi connectivity index (χ3n) is 0. The molecule has 0 aliphatic carbocycles. The van der Waals surface area contributed by atoms with E-state index in [2.05, 4.69) is 11.2 Å². The quantitative estimate of drug-likeness (QED) is 0.327. The molecule has 39 valence electrons. The molecule has 0 fully saturated rings. The van der Waals surface area contributed by atoms with E-state index in [1.165, 1.54) is 0 Å². The van der Waals surface area contributed by atoms with Crippen LogP contribution in [-0.4, -0.2) is 9.79 Å². The summed E-state index contributed by atoms with van der Waals surface area (Å²) in [4.78, 5) is 14.8. The van der Waals surface area contributed by atoms with Crippen LogP contribution in [0.3, 0.4) is 0 Å². The molecule has 0 aliphatic rings. The Morgan fingerprint density at radius 3 is 1.57 bits per heavy atom. The summed E-state index contributed by atoms with van der Waals surface area (Å²) in [7, 11) is 0. The molecular weight excluding hydrogens is 188 g/mol. The fourth-order valence-corrected chi connectivity index (χ4v) is 0. The first-order valence-corrected chi connectivity index (χ1v) is 3.27. The van der Waals surface area contributed by atoms with Crippen molar-refractivity contribution in [3.63, 3.8) is 0 Å². The van der Waals surface area contributed by atoms with Gasteiger partial charge in [-0.15, -0.1) is 0 Å². The van der Waals surface area contributed by atoms with Crippen molar-refractivity contribution in [2.24, 2.45) is 0 Å². The van der Waals surface area contributed by atoms with E-state index >= 15 is 0 Å². The van der Waals surface area contributed by atoms with Gasteiger partial charge in [-0.05, 0) is 0 Å². The Labute approximate surface area is 81.4 Å². The Hall–Kier alpha value is 2.02. The van der Waals surface area contributed by atoms with Crippen molar-refractivity contribution >= 4 is 18.2 Å². The zero-order chi connectivity index (χ0) is 4.50. The van der Waals surface area contributed by atoms with Gasteiger partial charge in [-0.2, -0.15) is 0 Å². The van der Waals surface area contributed by atoms with Crippen LogP contribution < -0.4 is 29.6 Å². The summed E-state index contributed by atoms with van der Waals surface area (Å²) >= 11 is 4.20. The van der Waals surface area contributed by atoms with Crippen LogP contribution in [0.2, 0.25) is 0 Å². The van der Waals surface area contributed by atoms with Gasteiger partial charge in [0.15, 0.2) is 0 Å². The van der Waals surface area contributed by atoms with Gasteiger partial charge in [0.2, 0.25) is 0 Å². The summed E-state index contributed by atoms with van der Waals surface area (Å²) < 4.78 is 9.09. The maximum Gasteiger partial charge on any atom is 1.00 e. The fourth-order valence-electron chi connectivity index (χ4n) is 0. The molecule has 2 N–H and O–H groups in total. The minimum absolute atomic E-state index is 0. The van der Waals surface area contributed by atoms with Gasteiger partial charge in [0.1, 0.15) is 0 Å². The van der Waals surface area contributed by atoms with Crippen LogP contribution in [0.15, 0.2) is 0 Å². The molecule has 0 amide bonds. The van der Waals surface area contributed by atoms with Crippen molar-refractivity contribution in [3.05, 3.63) is 0 Å². The maximum atomic E-state index is 9.09. The third-order valence-corrected chi connectivity index (χ3v) is 0. The van der Waals surface area contributed by atoms with E-state index in [1.54, 1.807) is 0 Å². The molecular formula is H3ClNaO3PV. The average molecular weight is 191 g/mol. The zero-order valence-electron chi connectivity index (χ0n) is 4.58. The predicted octanol–water partition coefficient (Wildman–Crippen LogP) is -2.57. The minimum Gasteiger partial charge on any atom is -1.00 e. The van der Waals surface area contributed by atoms with E-state index in [0.717, 1.165) is 0 Å². The molecule has 0 rings (SSSR count). The van der Waals surface area contributed by atoms with Crippen LogP contribution in [0.1, 0.15) is 1.43 Å². The van der Waals surface area contributed by atoms with Gasteiger partial charge >= 0.3 is 36.5 Å². The summed E-state index contributed by atoms with van der Waals surface area (Å²) in [6.07, 6.45) is 0. The summed E-state index contributed by atoms with van der Waals surface area (Å²) in [5.74, 6) is 0. The first kappa shape index (κ1) is 16.0. The Balaban J connectivity index is -0.0000000267. The van der Waals surface area contributed by atoms with Crippen LogP contribution in [0.4, 0.5) is 0 Å². The molecule has 0 saturated carbocycles. The van der Waals surface area contributed by atoms with E-state index in [-0.39, 0.29) is 49.5 Å². The minimum atomic E-state index is -4.17. The molecule has 0 heterocycles. The van der Waals surface area contributed by atoms with Gasteiger partial charge in [-0.3, -0.25) is 0 Å². The van der Waals surface area contributed by atoms with E-state index in [0.29, 0.717) is 0 Å². The van der Waals surface area contributed by atoms with Crippen LogP contribution in [0.5, 0.6) is 0 Å². The van der Waals surface area contributed by atoms with Crippen LogP contribution in [-0.2, 0) is 23.1 Å². The Kier molecular flexibility index (Phi) is 14.1. The van der Waals surface area contributed by atoms with Crippen molar-refractivity contribution in [3.8, 4) is 0 Å². The molecule has 0 aromatic carbocycles. The largest absolute Gasteiger partial charge is 1.00 e. The van der Waals surface area contributed by atoms with Crippen molar-refractivity contribution < 1.29 is 63.9 Å². The molecule has 7 heteroatoms. The molecule has 0 aliphatic heterocycles. The standard InChI is InChI=1S/ClH2O3P.Na.V.H/c1-5(2,3)4;;;/h(H2,2,3,4);;;/q;+1;;-1. The molecule has 0 bridgehead atoms. The average Bonchev–Trinajstić information content (AvgIpc) is 0.722. The van der Waals surface area contributed by atoms with Gasteiger partial charge in [0.25, 0.3) is 0 Å². The van der Waals surface area contributed by atoms with Gasteiger partial charge in [-0.1, -0.05) is 0 Å². The van der Waals surface area contributed by atoms with Crippen molar-refractivity contribution in [2.75, 3.05) is 0 Å². The second-order valence-electron chi connectivity index (χ2n) is 0.473. The number of hydrogen-bond acceptors (Lipinski definition) is 1. The van der Waals surface area contributed by atoms with Gasteiger partial charge in [0, 0.05) is 29.8 Å². The van der Waals surface area contributed by atoms with Crippen LogP contribution in [0, 0.1) is 0 Å². The molecule has 0 spiro atoms. The van der Waals surface area contributed by atoms with E-state index in [9.17, 15) is 0 Å². The SMILES string of the molecule is O=P(O)(O)Cl.[H-].[Na+].[V]. The van der Waals surface area contributed by atoms with E-state index in [4.69, 9.17) is 14.4 Å². The number of rotatable bonds is 0. The summed E-state index contributed by atoms with van der Waals surface area (Å²) in [5, 5.41) is 0. The maximum absolute atomic E-state index is 9.09. The number of hydrogen-bond donors (Lipinski definition) is 2. The first-order chi connectivity index (χ1) is 2.00. The molecule has 0 saturated heterocycles. The van der Waals surface area contributed by atoms with E-state index < -0.39 is 6.95 Å². The predicted molar refractivity (Wildman–Crippen MR) is 19.0 cm³/mol. The Bertz CT molecular complexity index is 65.4. The second kappa shape index (κ2) is 6.15. The molecule has 3 nitrogen and oxygen atoms in total. The monoisotopic (exact) mass is 191 g/mol. The van der Waals surface area contributed by atoms with Crippen molar-refractivity contribution in [1.82, 2.24) is 0 Å². The molecule has 0 atom stereocenters. The fraction of sp³-hybridized carbons (Fsp3) is 0. The van der Waals surface area contributed by atoms with Crippen LogP contribution >= 0.6 is 18.2 Å². The first-order valence-electron chi connectivity index (χ1n) is 0.752. The molecule has 0 aromatic rings. The molecule has 1 radical (unpaired) electrons. The van der Waals surface area contributed by atoms with Gasteiger partial charge in [0.05, 0.1) is 0 Å². The molecule has 0 unspecified atom stereocenters. The van der Waals surface area contributed by atoms with E-state index in [1.807, 2.05) is 0 Å². The Morgan fingerprint density at radius 2 is 1.57 bits per heavy atom. The zero-order valence-corrected chi connectivity index (χ0v) is 8.62. The second-order valence-corrected chi connectivity index (χ2v) is 2.74. The van der Waals surface area contributed by atoms with Gasteiger partial charge < -0.3 is 11.2 Å². The molecule has 0 aromatic heterocycles. The third kappa shape index (κ3) is 71.1. The Morgan fingerprint density at radius 1 is 1.57 bits per heavy atom. The summed E-state index contributed by atoms with van der Waals surface area (Å²) in [6.45, 7) is -4.17. The number of halogens is 1. The summed E-state index contributed by atoms with van der Waals surface area (Å²) in [6, 6.07) is 0. The normalized spacial score (nSPS) is 8.43. The van der Waals surface area contributed by atoms with Gasteiger partial charge in [-0.25, -0.2) is 4.57 Å². The van der Waals surface area contributed by atoms with Crippen molar-refractivity contribution in [2.45, 2.75) is 0 Å². The van der Waals surface area contributed by atoms with Crippen molar-refractivity contribution in [1.29, 1.82) is 0 Å². The topological polar surface area (TPSA) is 57.5 Å². The smallest absolute Gasteiger partial charge is 1.00 e. The van der Waals surface area contributed by atoms with Crippen LogP contribution in [0.25, 0.3) is 0 Å². The molecule has 7 heavy (non-hydrogen) atoms. The summed E-state index contributed by atoms with van der Waals surface area (Å²) in [5.41, 5.74) is 0.